The van der Waals surface area contributed by atoms with Gasteiger partial charge in [-0.25, -0.2) is 0 Å². The van der Waals surface area contributed by atoms with E-state index in [1.54, 1.807) is 0 Å². The number of benzene rings is 21. The number of nitrogens with zero attached hydrogens (tertiary/aromatic N) is 6. The molecule has 141 heavy (non-hydrogen) atoms. The number of fused-ring (bicyclic) bond motifs is 35. The Labute approximate surface area is 819 Å². The lowest BCUT2D eigenvalue weighted by Crippen LogP contribution is -1.98. The normalized spacial score (nSPS) is 11.9. The molecule has 0 bridgehead atoms. The van der Waals surface area contributed by atoms with Crippen LogP contribution in [0.3, 0.4) is 0 Å². The van der Waals surface area contributed by atoms with E-state index in [2.05, 4.69) is 493 Å². The molecule has 31 aromatic rings. The zero-order valence-corrected chi connectivity index (χ0v) is 79.8. The summed E-state index contributed by atoms with van der Waals surface area (Å²) in [6.07, 6.45) is 0. The van der Waals surface area contributed by atoms with Gasteiger partial charge in [0.05, 0.1) is 75.6 Å². The van der Waals surface area contributed by atoms with Crippen LogP contribution in [0.15, 0.2) is 464 Å². The molecule has 0 saturated heterocycles. The number of aromatic nitrogens is 6. The molecule has 0 atom stereocenters. The first-order chi connectivity index (χ1) is 69.5. The Morgan fingerprint density at radius 1 is 0.156 bits per heavy atom. The minimum atomic E-state index is 0.931. The van der Waals surface area contributed by atoms with Gasteiger partial charge in [0.1, 0.15) is 11.2 Å². The minimum Gasteiger partial charge on any atom is -0.454 e. The van der Waals surface area contributed by atoms with Gasteiger partial charge in [-0.05, 0) is 191 Å². The fourth-order valence-electron chi connectivity index (χ4n) is 22.2. The molecule has 0 amide bonds. The Hall–Kier alpha value is -17.5. The Bertz CT molecular complexity index is 10000. The highest BCUT2D eigenvalue weighted by molar-refractivity contribution is 7.27. The second-order valence-electron chi connectivity index (χ2n) is 37.2. The Kier molecular flexibility index (Phi) is 19.7. The van der Waals surface area contributed by atoms with Crippen LogP contribution < -0.4 is 0 Å². The molecule has 0 aliphatic rings. The van der Waals surface area contributed by atoms with Gasteiger partial charge < -0.3 is 36.2 Å². The highest BCUT2D eigenvalue weighted by Gasteiger charge is 2.27. The summed E-state index contributed by atoms with van der Waals surface area (Å²) in [5.41, 5.74) is 32.0. The Balaban J connectivity index is 0.0000000885. The molecule has 0 unspecified atom stereocenters. The van der Waals surface area contributed by atoms with Crippen molar-refractivity contribution in [3.8, 4) is 34.1 Å². The van der Waals surface area contributed by atoms with Crippen LogP contribution >= 0.6 is 22.7 Å². The van der Waals surface area contributed by atoms with Crippen molar-refractivity contribution in [3.63, 3.8) is 0 Å². The summed E-state index contributed by atoms with van der Waals surface area (Å²) >= 11 is 3.80. The molecule has 0 N–H and O–H groups in total. The summed E-state index contributed by atoms with van der Waals surface area (Å²) in [5, 5.41) is 25.4. The molecule has 8 nitrogen and oxygen atoms in total. The van der Waals surface area contributed by atoms with Gasteiger partial charge in [-0.3, -0.25) is 0 Å². The lowest BCUT2D eigenvalue weighted by molar-refractivity contribution is 0.670. The van der Waals surface area contributed by atoms with Crippen LogP contribution in [0, 0.1) is 34.6 Å². The van der Waals surface area contributed by atoms with Crippen LogP contribution in [0.1, 0.15) is 27.8 Å². The highest BCUT2D eigenvalue weighted by Crippen LogP contribution is 2.49. The van der Waals surface area contributed by atoms with Crippen LogP contribution in [0.2, 0.25) is 0 Å². The lowest BCUT2D eigenvalue weighted by Gasteiger charge is -2.12. The summed E-state index contributed by atoms with van der Waals surface area (Å²) in [4.78, 5) is 0. The monoisotopic (exact) mass is 1840 g/mol. The first-order valence-corrected chi connectivity index (χ1v) is 49.9. The summed E-state index contributed by atoms with van der Waals surface area (Å²) < 4.78 is 32.6. The van der Waals surface area contributed by atoms with Gasteiger partial charge in [0, 0.05) is 151 Å². The Morgan fingerprint density at radius 2 is 0.397 bits per heavy atom. The molecule has 0 radical (unpaired) electrons. The van der Waals surface area contributed by atoms with Crippen molar-refractivity contribution in [2.75, 3.05) is 0 Å². The van der Waals surface area contributed by atoms with Gasteiger partial charge in [0.25, 0.3) is 0 Å². The van der Waals surface area contributed by atoms with Gasteiger partial charge in [0.15, 0.2) is 11.2 Å². The third kappa shape index (κ3) is 13.5. The van der Waals surface area contributed by atoms with Crippen molar-refractivity contribution in [1.29, 1.82) is 0 Å². The number of rotatable bonds is 6. The number of furan rings is 2. The van der Waals surface area contributed by atoms with Crippen molar-refractivity contribution in [1.82, 2.24) is 27.4 Å². The van der Waals surface area contributed by atoms with Crippen molar-refractivity contribution in [3.05, 3.63) is 483 Å². The van der Waals surface area contributed by atoms with Crippen molar-refractivity contribution in [2.24, 2.45) is 0 Å². The van der Waals surface area contributed by atoms with E-state index in [0.29, 0.717) is 0 Å². The topological polar surface area (TPSA) is 55.9 Å². The molecular formula is C131H90N6O2S2. The van der Waals surface area contributed by atoms with E-state index in [0.717, 1.165) is 66.3 Å². The largest absolute Gasteiger partial charge is 0.454 e. The van der Waals surface area contributed by atoms with E-state index in [1.807, 2.05) is 46.9 Å². The average Bonchev–Trinajstić information content (AvgIpc) is 1.60. The van der Waals surface area contributed by atoms with E-state index in [4.69, 9.17) is 8.83 Å². The van der Waals surface area contributed by atoms with E-state index in [1.165, 1.54) is 211 Å². The van der Waals surface area contributed by atoms with Crippen LogP contribution in [0.25, 0.3) is 249 Å². The molecule has 0 saturated carbocycles. The summed E-state index contributed by atoms with van der Waals surface area (Å²) in [6.45, 7) is 10.7. The average molecular weight is 1840 g/mol. The third-order valence-corrected chi connectivity index (χ3v) is 31.0. The Morgan fingerprint density at radius 3 is 0.745 bits per heavy atom. The quantitative estimate of drug-likeness (QED) is 0.167. The van der Waals surface area contributed by atoms with Gasteiger partial charge >= 0.3 is 0 Å². The number of thiophene rings is 2. The highest BCUT2D eigenvalue weighted by atomic mass is 32.1. The smallest absolute Gasteiger partial charge is 0.160 e. The predicted molar refractivity (Wildman–Crippen MR) is 602 cm³/mol. The lowest BCUT2D eigenvalue weighted by atomic mass is 10.1. The van der Waals surface area contributed by atoms with Crippen molar-refractivity contribution >= 4 is 238 Å². The molecule has 0 spiro atoms. The number of aryl methyl sites for hydroxylation is 5. The molecule has 10 heterocycles. The fourth-order valence-corrected chi connectivity index (χ4v) is 24.7. The van der Waals surface area contributed by atoms with Gasteiger partial charge in [-0.15, -0.1) is 22.7 Å². The maximum atomic E-state index is 6.37. The molecule has 668 valence electrons. The van der Waals surface area contributed by atoms with Gasteiger partial charge in [-0.1, -0.05) is 326 Å². The van der Waals surface area contributed by atoms with Crippen LogP contribution in [-0.4, -0.2) is 27.4 Å². The standard InChI is InChI=1S/C31H22N2.2C25H17NO.2C25H17NS/c1-21-15-17-23(18-16-21)33-29-14-8-6-12-25(29)27-20-19-26-24-11-5-7-13-28(24)32(30(26)31(27)33)22-9-3-2-4-10-22;1-16-7-6-8-17(15-16)26-22-11-4-2-9-18(22)20-13-14-21-19-10-3-5-12-23(19)27-25(21)24(20)26;1-16-10-12-17(13-11-16)26-22-8-4-2-6-18(22)20-14-15-21-19-7-3-5-9-23(19)27-25(21)24(20)26;1-16-7-6-8-17(15-16)26-22-11-4-2-9-18(22)20-13-14-21-19-10-3-5-12-23(19)27-25(21)24(20)26;1-16-10-12-17(13-11-16)26-22-8-4-2-6-18(22)20-14-15-21-19-7-3-5-9-23(19)27-25(21)24(20)26/h2-20H,1H3;4*2-15H,1H3. The molecule has 21 aromatic carbocycles. The first kappa shape index (κ1) is 82.9. The van der Waals surface area contributed by atoms with Crippen LogP contribution in [0.5, 0.6) is 0 Å². The molecule has 10 aromatic heterocycles. The maximum Gasteiger partial charge on any atom is 0.160 e. The third-order valence-electron chi connectivity index (χ3n) is 28.6. The molecule has 10 heteroatoms. The SMILES string of the molecule is Cc1ccc(-n2c3ccccc3c3ccc4c5ccccc5n(-c5ccccc5)c4c32)cc1.Cc1ccc(-n2c3ccccc3c3ccc4c5ccccc5oc4c32)cc1.Cc1ccc(-n2c3ccccc3c3ccc4c5ccccc5sc4c32)cc1.Cc1cccc(-n2c3ccccc3c3ccc4c5ccccc5oc4c32)c1.Cc1cccc(-n2c3ccccc3c3ccc4c5ccccc5sc4c32)c1. The predicted octanol–water partition coefficient (Wildman–Crippen LogP) is 37.1. The number of hydrogen-bond acceptors (Lipinski definition) is 4. The second kappa shape index (κ2) is 33.4. The van der Waals surface area contributed by atoms with Gasteiger partial charge in [0.2, 0.25) is 0 Å². The maximum absolute atomic E-state index is 6.37. The molecule has 0 aliphatic carbocycles. The zero-order chi connectivity index (χ0) is 93.8. The fraction of sp³-hybridized carbons (Fsp3) is 0.0382. The van der Waals surface area contributed by atoms with Gasteiger partial charge in [-0.2, -0.15) is 0 Å². The molecule has 31 rings (SSSR count). The number of para-hydroxylation sites is 9. The molecule has 0 aliphatic heterocycles. The van der Waals surface area contributed by atoms with E-state index in [-0.39, 0.29) is 0 Å². The minimum absolute atomic E-state index is 0.931. The molecular weight excluding hydrogens is 1750 g/mol. The summed E-state index contributed by atoms with van der Waals surface area (Å²) in [6, 6.07) is 163. The van der Waals surface area contributed by atoms with E-state index in [9.17, 15) is 0 Å². The van der Waals surface area contributed by atoms with Crippen LogP contribution in [-0.2, 0) is 0 Å². The number of hydrogen-bond donors (Lipinski definition) is 0. The zero-order valence-electron chi connectivity index (χ0n) is 78.1. The molecule has 0 fully saturated rings. The summed E-state index contributed by atoms with van der Waals surface area (Å²) in [5.74, 6) is 0. The first-order valence-electron chi connectivity index (χ1n) is 48.3. The summed E-state index contributed by atoms with van der Waals surface area (Å²) in [7, 11) is 0. The van der Waals surface area contributed by atoms with Crippen LogP contribution in [0.4, 0.5) is 0 Å². The van der Waals surface area contributed by atoms with E-state index >= 15 is 0 Å². The second-order valence-corrected chi connectivity index (χ2v) is 39.3. The van der Waals surface area contributed by atoms with Crippen molar-refractivity contribution < 1.29 is 8.83 Å². The van der Waals surface area contributed by atoms with E-state index < -0.39 is 0 Å². The van der Waals surface area contributed by atoms with Crippen molar-refractivity contribution in [2.45, 2.75) is 34.6 Å².